The third-order valence-corrected chi connectivity index (χ3v) is 5.32. The molecule has 0 saturated carbocycles. The number of Topliss-reactive ketones (excluding diaryl/α,β-unsaturated/α-hetero) is 1. The first-order valence-electron chi connectivity index (χ1n) is 9.73. The van der Waals surface area contributed by atoms with Gasteiger partial charge in [0, 0.05) is 16.5 Å². The van der Waals surface area contributed by atoms with E-state index in [1.54, 1.807) is 18.2 Å². The number of ether oxygens (including phenoxy) is 2. The minimum Gasteiger partial charge on any atom is -0.491 e. The van der Waals surface area contributed by atoms with E-state index in [1.807, 2.05) is 45.9 Å². The molecule has 2 aromatic rings. The quantitative estimate of drug-likeness (QED) is 0.254. The summed E-state index contributed by atoms with van der Waals surface area (Å²) in [7, 11) is 0. The van der Waals surface area contributed by atoms with Crippen LogP contribution in [-0.4, -0.2) is 30.5 Å². The number of para-hydroxylation sites is 1. The zero-order valence-corrected chi connectivity index (χ0v) is 20.0. The van der Waals surface area contributed by atoms with E-state index in [9.17, 15) is 9.59 Å². The Morgan fingerprint density at radius 2 is 1.90 bits per heavy atom. The molecule has 0 heterocycles. The van der Waals surface area contributed by atoms with Crippen molar-refractivity contribution < 1.29 is 19.1 Å². The number of benzene rings is 2. The number of carbonyl (C=O) groups excluding carboxylic acids is 2. The molecule has 2 rings (SSSR count). The van der Waals surface area contributed by atoms with Gasteiger partial charge in [-0.05, 0) is 79.9 Å². The molecule has 0 aliphatic carbocycles. The highest BCUT2D eigenvalue weighted by Crippen LogP contribution is 2.29. The molecule has 0 aliphatic heterocycles. The van der Waals surface area contributed by atoms with Gasteiger partial charge in [0.1, 0.15) is 11.4 Å². The molecule has 0 amide bonds. The first kappa shape index (κ1) is 24.2. The average molecular weight is 497 g/mol. The van der Waals surface area contributed by atoms with Gasteiger partial charge in [0.2, 0.25) is 0 Å². The minimum atomic E-state index is -0.488. The highest BCUT2D eigenvalue weighted by Gasteiger charge is 2.16. The molecule has 1 N–H and O–H groups in total. The van der Waals surface area contributed by atoms with Gasteiger partial charge < -0.3 is 14.8 Å². The van der Waals surface area contributed by atoms with Crippen LogP contribution in [0.4, 0.5) is 5.69 Å². The molecule has 162 valence electrons. The number of hydrogen-bond acceptors (Lipinski definition) is 5. The largest absolute Gasteiger partial charge is 0.491 e. The maximum absolute atomic E-state index is 12.5. The Kier molecular flexibility index (Phi) is 8.74. The number of nitrogens with one attached hydrogen (secondary N) is 1. The van der Waals surface area contributed by atoms with Crippen molar-refractivity contribution in [1.82, 2.24) is 0 Å². The van der Waals surface area contributed by atoms with E-state index in [4.69, 9.17) is 21.1 Å². The van der Waals surface area contributed by atoms with Crippen molar-refractivity contribution in [3.8, 4) is 5.75 Å². The van der Waals surface area contributed by atoms with Crippen LogP contribution < -0.4 is 10.1 Å². The van der Waals surface area contributed by atoms with Crippen molar-refractivity contribution in [2.45, 2.75) is 46.1 Å². The normalized spacial score (nSPS) is 11.1. The van der Waals surface area contributed by atoms with Crippen LogP contribution in [0.2, 0.25) is 5.02 Å². The smallest absolute Gasteiger partial charge is 0.306 e. The minimum absolute atomic E-state index is 0.0634. The Hall–Kier alpha value is -2.05. The monoisotopic (exact) mass is 495 g/mol. The maximum atomic E-state index is 12.5. The lowest BCUT2D eigenvalue weighted by atomic mass is 10.1. The van der Waals surface area contributed by atoms with Crippen molar-refractivity contribution >= 4 is 45.0 Å². The highest BCUT2D eigenvalue weighted by atomic mass is 79.9. The fraction of sp³-hybridized carbons (Fsp3) is 0.391. The molecule has 5 nitrogen and oxygen atoms in total. The van der Waals surface area contributed by atoms with Gasteiger partial charge in [-0.2, -0.15) is 0 Å². The van der Waals surface area contributed by atoms with E-state index in [2.05, 4.69) is 21.2 Å². The average Bonchev–Trinajstić information content (AvgIpc) is 2.65. The maximum Gasteiger partial charge on any atom is 0.306 e. The number of rotatable bonds is 9. The molecule has 0 radical (unpaired) electrons. The molecule has 30 heavy (non-hydrogen) atoms. The van der Waals surface area contributed by atoms with E-state index >= 15 is 0 Å². The number of hydrogen-bond donors (Lipinski definition) is 1. The van der Waals surface area contributed by atoms with Crippen molar-refractivity contribution in [3.63, 3.8) is 0 Å². The van der Waals surface area contributed by atoms with E-state index in [0.717, 1.165) is 11.3 Å². The second-order valence-corrected chi connectivity index (χ2v) is 9.15. The zero-order chi connectivity index (χ0) is 22.3. The van der Waals surface area contributed by atoms with Crippen LogP contribution in [0.15, 0.2) is 40.9 Å². The zero-order valence-electron chi connectivity index (χ0n) is 17.7. The molecule has 2 aromatic carbocycles. The Morgan fingerprint density at radius 3 is 2.57 bits per heavy atom. The summed E-state index contributed by atoms with van der Waals surface area (Å²) in [5.74, 6) is 0.337. The number of halogens is 2. The molecule has 0 fully saturated rings. The van der Waals surface area contributed by atoms with Crippen molar-refractivity contribution in [2.75, 3.05) is 18.5 Å². The second-order valence-electron chi connectivity index (χ2n) is 7.89. The van der Waals surface area contributed by atoms with Gasteiger partial charge in [-0.25, -0.2) is 0 Å². The number of aryl methyl sites for hydroxylation is 1. The van der Waals surface area contributed by atoms with Crippen molar-refractivity contribution in [2.24, 2.45) is 0 Å². The topological polar surface area (TPSA) is 64.6 Å². The van der Waals surface area contributed by atoms with Crippen LogP contribution in [0.3, 0.4) is 0 Å². The van der Waals surface area contributed by atoms with Gasteiger partial charge in [0.15, 0.2) is 5.78 Å². The van der Waals surface area contributed by atoms with Crippen LogP contribution in [0, 0.1) is 6.92 Å². The Balaban J connectivity index is 1.93. The van der Waals surface area contributed by atoms with Gasteiger partial charge in [0.05, 0.1) is 23.9 Å². The lowest BCUT2D eigenvalue weighted by Gasteiger charge is -2.19. The van der Waals surface area contributed by atoms with Gasteiger partial charge in [-0.1, -0.05) is 23.7 Å². The molecule has 0 spiro atoms. The van der Waals surface area contributed by atoms with Crippen molar-refractivity contribution in [3.05, 3.63) is 57.0 Å². The SMILES string of the molecule is Cc1cccc(OCCCC(=O)OC(C)(C)C)c1NCC(=O)c1ccc(Cl)c(Br)c1. The first-order chi connectivity index (χ1) is 14.1. The molecule has 0 unspecified atom stereocenters. The van der Waals surface area contributed by atoms with Crippen molar-refractivity contribution in [1.29, 1.82) is 0 Å². The van der Waals surface area contributed by atoms with Crippen LogP contribution >= 0.6 is 27.5 Å². The number of ketones is 1. The Labute approximate surface area is 191 Å². The molecular weight excluding hydrogens is 470 g/mol. The number of carbonyl (C=O) groups is 2. The van der Waals surface area contributed by atoms with Crippen LogP contribution in [-0.2, 0) is 9.53 Å². The van der Waals surface area contributed by atoms with E-state index in [-0.39, 0.29) is 24.7 Å². The van der Waals surface area contributed by atoms with Crippen LogP contribution in [0.5, 0.6) is 5.75 Å². The third kappa shape index (κ3) is 7.65. The summed E-state index contributed by atoms with van der Waals surface area (Å²) in [5, 5.41) is 3.74. The second kappa shape index (κ2) is 10.8. The molecule has 0 aromatic heterocycles. The highest BCUT2D eigenvalue weighted by molar-refractivity contribution is 9.10. The predicted octanol–water partition coefficient (Wildman–Crippen LogP) is 6.21. The summed E-state index contributed by atoms with van der Waals surface area (Å²) in [5.41, 5.74) is 1.80. The lowest BCUT2D eigenvalue weighted by molar-refractivity contribution is -0.155. The van der Waals surface area contributed by atoms with E-state index in [0.29, 0.717) is 33.8 Å². The summed E-state index contributed by atoms with van der Waals surface area (Å²) in [6.45, 7) is 7.96. The van der Waals surface area contributed by atoms with E-state index in [1.165, 1.54) is 0 Å². The van der Waals surface area contributed by atoms with Gasteiger partial charge in [-0.15, -0.1) is 0 Å². The molecule has 0 saturated heterocycles. The fourth-order valence-electron chi connectivity index (χ4n) is 2.72. The first-order valence-corrected chi connectivity index (χ1v) is 10.9. The van der Waals surface area contributed by atoms with Gasteiger partial charge >= 0.3 is 5.97 Å². The number of esters is 1. The third-order valence-electron chi connectivity index (χ3n) is 4.10. The summed E-state index contributed by atoms with van der Waals surface area (Å²) in [4.78, 5) is 24.3. The standard InChI is InChI=1S/C23H27BrClNO4/c1-15-7-5-8-20(29-12-6-9-21(28)30-23(2,3)4)22(15)26-14-19(27)16-10-11-18(25)17(24)13-16/h5,7-8,10-11,13,26H,6,9,12,14H2,1-4H3. The predicted molar refractivity (Wildman–Crippen MR) is 124 cm³/mol. The summed E-state index contributed by atoms with van der Waals surface area (Å²) < 4.78 is 11.8. The Bertz CT molecular complexity index is 909. The molecule has 0 aliphatic rings. The fourth-order valence-corrected chi connectivity index (χ4v) is 3.22. The van der Waals surface area contributed by atoms with Gasteiger partial charge in [-0.3, -0.25) is 9.59 Å². The summed E-state index contributed by atoms with van der Waals surface area (Å²) in [6.07, 6.45) is 0.829. The lowest BCUT2D eigenvalue weighted by Crippen LogP contribution is -2.24. The Morgan fingerprint density at radius 1 is 1.17 bits per heavy atom. The summed E-state index contributed by atoms with van der Waals surface area (Å²) >= 11 is 9.33. The van der Waals surface area contributed by atoms with E-state index < -0.39 is 5.60 Å². The molecule has 0 bridgehead atoms. The molecule has 0 atom stereocenters. The molecule has 7 heteroatoms. The number of anilines is 1. The van der Waals surface area contributed by atoms with Crippen LogP contribution in [0.1, 0.15) is 49.5 Å². The molecular formula is C23H27BrClNO4. The van der Waals surface area contributed by atoms with Crippen LogP contribution in [0.25, 0.3) is 0 Å². The summed E-state index contributed by atoms with van der Waals surface area (Å²) in [6, 6.07) is 10.8. The van der Waals surface area contributed by atoms with Gasteiger partial charge in [0.25, 0.3) is 0 Å².